The number of ether oxygens (including phenoxy) is 1. The number of carbonyl (C=O) groups excluding carboxylic acids is 3. The van der Waals surface area contributed by atoms with E-state index in [0.29, 0.717) is 37.4 Å². The number of piperidine rings is 1. The van der Waals surface area contributed by atoms with Gasteiger partial charge in [0.25, 0.3) is 5.91 Å². The van der Waals surface area contributed by atoms with E-state index in [1.54, 1.807) is 25.7 Å². The summed E-state index contributed by atoms with van der Waals surface area (Å²) in [4.78, 5) is 48.0. The number of amides is 2. The van der Waals surface area contributed by atoms with Crippen molar-refractivity contribution in [3.05, 3.63) is 47.3 Å². The highest BCUT2D eigenvalue weighted by Crippen LogP contribution is 2.24. The van der Waals surface area contributed by atoms with E-state index in [4.69, 9.17) is 10.5 Å². The molecule has 2 N–H and O–H groups in total. The van der Waals surface area contributed by atoms with Crippen molar-refractivity contribution in [2.45, 2.75) is 39.7 Å². The second-order valence-corrected chi connectivity index (χ2v) is 7.65. The zero-order valence-electron chi connectivity index (χ0n) is 17.4. The van der Waals surface area contributed by atoms with Crippen LogP contribution in [0.25, 0.3) is 11.4 Å². The van der Waals surface area contributed by atoms with Gasteiger partial charge in [-0.15, -0.1) is 0 Å². The normalized spacial score (nSPS) is 14.6. The quantitative estimate of drug-likeness (QED) is 0.757. The first-order valence-corrected chi connectivity index (χ1v) is 10.0. The summed E-state index contributed by atoms with van der Waals surface area (Å²) in [7, 11) is 0. The first-order valence-electron chi connectivity index (χ1n) is 10.0. The molecule has 1 aromatic carbocycles. The Morgan fingerprint density at radius 3 is 2.30 bits per heavy atom. The van der Waals surface area contributed by atoms with Gasteiger partial charge in [-0.2, -0.15) is 0 Å². The number of esters is 1. The van der Waals surface area contributed by atoms with E-state index in [1.165, 1.54) is 0 Å². The number of nitrogens with two attached hydrogens (primary N) is 1. The van der Waals surface area contributed by atoms with Crippen LogP contribution in [0.2, 0.25) is 0 Å². The van der Waals surface area contributed by atoms with E-state index in [9.17, 15) is 14.4 Å². The molecular formula is C22H26N4O4. The standard InChI is InChI=1S/C22H26N4O4/c1-13(2)30-22(29)17-14(3)24-20(16-7-5-4-6-8-16)25-18(17)21(28)26-11-9-15(10-12-26)19(23)27/h4-8,13,15H,9-12H2,1-3H3,(H2,23,27). The van der Waals surface area contributed by atoms with Crippen LogP contribution in [-0.4, -0.2) is 51.8 Å². The third kappa shape index (κ3) is 4.64. The highest BCUT2D eigenvalue weighted by atomic mass is 16.5. The van der Waals surface area contributed by atoms with Gasteiger partial charge in [0, 0.05) is 24.6 Å². The summed E-state index contributed by atoms with van der Waals surface area (Å²) in [6.07, 6.45) is 0.630. The van der Waals surface area contributed by atoms with E-state index < -0.39 is 5.97 Å². The first kappa shape index (κ1) is 21.4. The fourth-order valence-electron chi connectivity index (χ4n) is 3.48. The molecule has 8 heteroatoms. The Labute approximate surface area is 175 Å². The van der Waals surface area contributed by atoms with Crippen molar-refractivity contribution in [3.63, 3.8) is 0 Å². The molecule has 8 nitrogen and oxygen atoms in total. The largest absolute Gasteiger partial charge is 0.459 e. The van der Waals surface area contributed by atoms with Crippen LogP contribution in [0, 0.1) is 12.8 Å². The maximum Gasteiger partial charge on any atom is 0.342 e. The van der Waals surface area contributed by atoms with Gasteiger partial charge in [-0.3, -0.25) is 9.59 Å². The molecule has 2 aromatic rings. The average molecular weight is 410 g/mol. The number of aromatic nitrogens is 2. The molecule has 158 valence electrons. The van der Waals surface area contributed by atoms with E-state index in [-0.39, 0.29) is 35.1 Å². The average Bonchev–Trinajstić information content (AvgIpc) is 2.72. The molecule has 2 amide bonds. The molecule has 1 aliphatic rings. The number of hydrogen-bond donors (Lipinski definition) is 1. The fourth-order valence-corrected chi connectivity index (χ4v) is 3.48. The van der Waals surface area contributed by atoms with Crippen LogP contribution in [0.15, 0.2) is 30.3 Å². The number of nitrogens with zero attached hydrogens (tertiary/aromatic N) is 3. The lowest BCUT2D eigenvalue weighted by Crippen LogP contribution is -2.42. The highest BCUT2D eigenvalue weighted by Gasteiger charge is 2.32. The molecule has 0 saturated carbocycles. The van der Waals surface area contributed by atoms with Crippen LogP contribution in [0.3, 0.4) is 0 Å². The second kappa shape index (κ2) is 9.02. The molecule has 1 aliphatic heterocycles. The maximum atomic E-state index is 13.3. The summed E-state index contributed by atoms with van der Waals surface area (Å²) < 4.78 is 5.34. The Bertz CT molecular complexity index is 951. The van der Waals surface area contributed by atoms with E-state index in [0.717, 1.165) is 5.56 Å². The minimum absolute atomic E-state index is 0.0181. The first-order chi connectivity index (χ1) is 14.3. The van der Waals surface area contributed by atoms with Gasteiger partial charge >= 0.3 is 5.97 Å². The van der Waals surface area contributed by atoms with Crippen molar-refractivity contribution in [2.75, 3.05) is 13.1 Å². The van der Waals surface area contributed by atoms with E-state index in [1.807, 2.05) is 30.3 Å². The lowest BCUT2D eigenvalue weighted by Gasteiger charge is -2.30. The van der Waals surface area contributed by atoms with Crippen LogP contribution < -0.4 is 5.73 Å². The number of aryl methyl sites for hydroxylation is 1. The predicted octanol–water partition coefficient (Wildman–Crippen LogP) is 2.35. The van der Waals surface area contributed by atoms with E-state index >= 15 is 0 Å². The summed E-state index contributed by atoms with van der Waals surface area (Å²) in [6.45, 7) is 5.88. The van der Waals surface area contributed by atoms with Gasteiger partial charge in [0.15, 0.2) is 5.82 Å². The van der Waals surface area contributed by atoms with Crippen LogP contribution >= 0.6 is 0 Å². The topological polar surface area (TPSA) is 115 Å². The SMILES string of the molecule is Cc1nc(-c2ccccc2)nc(C(=O)N2CCC(C(N)=O)CC2)c1C(=O)OC(C)C. The summed E-state index contributed by atoms with van der Waals surface area (Å²) in [5.74, 6) is -1.24. The maximum absolute atomic E-state index is 13.3. The Kier molecular flexibility index (Phi) is 6.44. The lowest BCUT2D eigenvalue weighted by molar-refractivity contribution is -0.123. The summed E-state index contributed by atoms with van der Waals surface area (Å²) >= 11 is 0. The van der Waals surface area contributed by atoms with Crippen LogP contribution in [0.5, 0.6) is 0 Å². The Hall–Kier alpha value is -3.29. The molecular weight excluding hydrogens is 384 g/mol. The van der Waals surface area contributed by atoms with Crippen molar-refractivity contribution in [2.24, 2.45) is 11.7 Å². The molecule has 0 bridgehead atoms. The van der Waals surface area contributed by atoms with Crippen molar-refractivity contribution >= 4 is 17.8 Å². The molecule has 1 aromatic heterocycles. The number of hydrogen-bond acceptors (Lipinski definition) is 6. The van der Waals surface area contributed by atoms with Crippen molar-refractivity contribution in [3.8, 4) is 11.4 Å². The monoisotopic (exact) mass is 410 g/mol. The number of likely N-dealkylation sites (tertiary alicyclic amines) is 1. The molecule has 0 aliphatic carbocycles. The highest BCUT2D eigenvalue weighted by molar-refractivity contribution is 6.05. The lowest BCUT2D eigenvalue weighted by atomic mass is 9.96. The van der Waals surface area contributed by atoms with E-state index in [2.05, 4.69) is 9.97 Å². The van der Waals surface area contributed by atoms with Gasteiger partial charge in [0.2, 0.25) is 5.91 Å². The number of rotatable bonds is 5. The van der Waals surface area contributed by atoms with Gasteiger partial charge in [-0.25, -0.2) is 14.8 Å². The van der Waals surface area contributed by atoms with Gasteiger partial charge in [-0.1, -0.05) is 30.3 Å². The van der Waals surface area contributed by atoms with Gasteiger partial charge in [0.1, 0.15) is 11.3 Å². The summed E-state index contributed by atoms with van der Waals surface area (Å²) in [6, 6.07) is 9.26. The van der Waals surface area contributed by atoms with Crippen molar-refractivity contribution < 1.29 is 19.1 Å². The number of primary amides is 1. The van der Waals surface area contributed by atoms with Gasteiger partial charge in [0.05, 0.1) is 11.8 Å². The predicted molar refractivity (Wildman–Crippen MR) is 111 cm³/mol. The molecule has 2 heterocycles. The molecule has 0 spiro atoms. The molecule has 0 atom stereocenters. The Morgan fingerprint density at radius 1 is 1.10 bits per heavy atom. The third-order valence-electron chi connectivity index (χ3n) is 5.06. The number of carbonyl (C=O) groups is 3. The fraction of sp³-hybridized carbons (Fsp3) is 0.409. The molecule has 1 fully saturated rings. The molecule has 30 heavy (non-hydrogen) atoms. The molecule has 3 rings (SSSR count). The minimum Gasteiger partial charge on any atom is -0.459 e. The molecule has 0 radical (unpaired) electrons. The zero-order valence-corrected chi connectivity index (χ0v) is 17.4. The molecule has 0 unspecified atom stereocenters. The van der Waals surface area contributed by atoms with Gasteiger partial charge < -0.3 is 15.4 Å². The van der Waals surface area contributed by atoms with Crippen LogP contribution in [-0.2, 0) is 9.53 Å². The second-order valence-electron chi connectivity index (χ2n) is 7.65. The smallest absolute Gasteiger partial charge is 0.342 e. The van der Waals surface area contributed by atoms with Crippen molar-refractivity contribution in [1.82, 2.24) is 14.9 Å². The van der Waals surface area contributed by atoms with Crippen LogP contribution in [0.1, 0.15) is 53.2 Å². The minimum atomic E-state index is -0.627. The van der Waals surface area contributed by atoms with Crippen LogP contribution in [0.4, 0.5) is 0 Å². The Balaban J connectivity index is 2.01. The molecule has 1 saturated heterocycles. The summed E-state index contributed by atoms with van der Waals surface area (Å²) in [5.41, 5.74) is 6.60. The zero-order chi connectivity index (χ0) is 21.8. The Morgan fingerprint density at radius 2 is 1.73 bits per heavy atom. The van der Waals surface area contributed by atoms with Crippen molar-refractivity contribution in [1.29, 1.82) is 0 Å². The third-order valence-corrected chi connectivity index (χ3v) is 5.06. The number of benzene rings is 1. The van der Waals surface area contributed by atoms with Gasteiger partial charge in [-0.05, 0) is 33.6 Å². The summed E-state index contributed by atoms with van der Waals surface area (Å²) in [5, 5.41) is 0.